The third kappa shape index (κ3) is 4.64. The number of rotatable bonds is 7. The molecule has 2 heterocycles. The van der Waals surface area contributed by atoms with E-state index < -0.39 is 0 Å². The molecule has 1 atom stereocenters. The summed E-state index contributed by atoms with van der Waals surface area (Å²) in [6, 6.07) is 8.29. The van der Waals surface area contributed by atoms with Crippen LogP contribution in [0.5, 0.6) is 0 Å². The summed E-state index contributed by atoms with van der Waals surface area (Å²) >= 11 is 10.6. The highest BCUT2D eigenvalue weighted by Crippen LogP contribution is 2.24. The number of quaternary nitrogens is 1. The topological polar surface area (TPSA) is 35.2 Å². The first-order valence-corrected chi connectivity index (χ1v) is 10.9. The second-order valence-electron chi connectivity index (χ2n) is 6.21. The van der Waals surface area contributed by atoms with Crippen molar-refractivity contribution >= 4 is 56.9 Å². The number of para-hydroxylation sites is 1. The van der Waals surface area contributed by atoms with E-state index in [1.807, 2.05) is 10.7 Å². The van der Waals surface area contributed by atoms with Gasteiger partial charge in [-0.15, -0.1) is 16.4 Å². The molecule has 3 rings (SSSR count). The summed E-state index contributed by atoms with van der Waals surface area (Å²) in [5, 5.41) is 5.82. The van der Waals surface area contributed by atoms with Gasteiger partial charge in [0.1, 0.15) is 11.6 Å². The SMILES string of the molecule is CC(C)CSc1nn(C[NH+](C)Cc2nc3ccccc3s2)c(=S)s1. The lowest BCUT2D eigenvalue weighted by Crippen LogP contribution is -3.07. The summed E-state index contributed by atoms with van der Waals surface area (Å²) in [4.78, 5) is 6.04. The van der Waals surface area contributed by atoms with Gasteiger partial charge < -0.3 is 4.90 Å². The fourth-order valence-electron chi connectivity index (χ4n) is 2.25. The predicted molar refractivity (Wildman–Crippen MR) is 107 cm³/mol. The Hall–Kier alpha value is -0.800. The molecule has 0 saturated heterocycles. The van der Waals surface area contributed by atoms with Crippen LogP contribution in [0.25, 0.3) is 10.2 Å². The normalized spacial score (nSPS) is 13.0. The van der Waals surface area contributed by atoms with Crippen LogP contribution in [0, 0.1) is 9.87 Å². The number of hydrogen-bond acceptors (Lipinski definition) is 6. The average Bonchev–Trinajstić information content (AvgIpc) is 3.08. The van der Waals surface area contributed by atoms with E-state index in [4.69, 9.17) is 17.2 Å². The first-order valence-electron chi connectivity index (χ1n) is 7.88. The van der Waals surface area contributed by atoms with E-state index in [0.29, 0.717) is 5.92 Å². The summed E-state index contributed by atoms with van der Waals surface area (Å²) in [6.45, 7) is 6.10. The Bertz CT molecular complexity index is 831. The Morgan fingerprint density at radius 3 is 2.83 bits per heavy atom. The van der Waals surface area contributed by atoms with E-state index in [1.165, 1.54) is 9.60 Å². The van der Waals surface area contributed by atoms with Crippen LogP contribution in [0.4, 0.5) is 0 Å². The molecule has 4 nitrogen and oxygen atoms in total. The Morgan fingerprint density at radius 2 is 2.08 bits per heavy atom. The zero-order valence-electron chi connectivity index (χ0n) is 14.0. The van der Waals surface area contributed by atoms with Gasteiger partial charge in [-0.3, -0.25) is 0 Å². The van der Waals surface area contributed by atoms with Gasteiger partial charge in [-0.05, 0) is 30.3 Å². The highest BCUT2D eigenvalue weighted by Gasteiger charge is 2.12. The predicted octanol–water partition coefficient (Wildman–Crippen LogP) is 3.70. The number of fused-ring (bicyclic) bond motifs is 1. The molecule has 0 spiro atoms. The molecule has 24 heavy (non-hydrogen) atoms. The molecule has 1 unspecified atom stereocenters. The Morgan fingerprint density at radius 1 is 1.29 bits per heavy atom. The van der Waals surface area contributed by atoms with Crippen molar-refractivity contribution in [3.63, 3.8) is 0 Å². The van der Waals surface area contributed by atoms with Gasteiger partial charge in [0.25, 0.3) is 0 Å². The van der Waals surface area contributed by atoms with Gasteiger partial charge >= 0.3 is 0 Å². The van der Waals surface area contributed by atoms with E-state index >= 15 is 0 Å². The molecule has 0 aliphatic carbocycles. The second-order valence-corrected chi connectivity index (χ2v) is 10.2. The number of thiazole rings is 1. The molecule has 0 aliphatic heterocycles. The lowest BCUT2D eigenvalue weighted by Gasteiger charge is -2.11. The lowest BCUT2D eigenvalue weighted by molar-refractivity contribution is -0.917. The summed E-state index contributed by atoms with van der Waals surface area (Å²) in [6.07, 6.45) is 0. The quantitative estimate of drug-likeness (QED) is 0.487. The van der Waals surface area contributed by atoms with E-state index in [9.17, 15) is 0 Å². The highest BCUT2D eigenvalue weighted by molar-refractivity contribution is 8.01. The molecule has 0 saturated carbocycles. The molecule has 8 heteroatoms. The largest absolute Gasteiger partial charge is 0.313 e. The van der Waals surface area contributed by atoms with Crippen molar-refractivity contribution in [1.82, 2.24) is 14.8 Å². The average molecular weight is 398 g/mol. The molecule has 128 valence electrons. The molecule has 1 N–H and O–H groups in total. The third-order valence-electron chi connectivity index (χ3n) is 3.34. The first-order chi connectivity index (χ1) is 11.5. The van der Waals surface area contributed by atoms with Crippen molar-refractivity contribution in [2.75, 3.05) is 12.8 Å². The van der Waals surface area contributed by atoms with Crippen LogP contribution < -0.4 is 4.90 Å². The van der Waals surface area contributed by atoms with Crippen LogP contribution in [-0.2, 0) is 13.2 Å². The van der Waals surface area contributed by atoms with Crippen LogP contribution in [0.2, 0.25) is 0 Å². The van der Waals surface area contributed by atoms with Gasteiger partial charge in [-0.1, -0.05) is 49.1 Å². The molecular formula is C16H21N4S4+. The van der Waals surface area contributed by atoms with Crippen molar-refractivity contribution < 1.29 is 4.90 Å². The number of hydrogen-bond donors (Lipinski definition) is 1. The van der Waals surface area contributed by atoms with E-state index in [-0.39, 0.29) is 0 Å². The Balaban J connectivity index is 1.64. The third-order valence-corrected chi connectivity index (χ3v) is 7.24. The molecule has 0 amide bonds. The van der Waals surface area contributed by atoms with Gasteiger partial charge in [0.05, 0.1) is 17.3 Å². The monoisotopic (exact) mass is 397 g/mol. The molecule has 0 aliphatic rings. The molecule has 0 fully saturated rings. The zero-order valence-corrected chi connectivity index (χ0v) is 17.2. The number of nitrogens with zero attached hydrogens (tertiary/aromatic N) is 3. The van der Waals surface area contributed by atoms with Crippen LogP contribution in [0.3, 0.4) is 0 Å². The molecular weight excluding hydrogens is 376 g/mol. The van der Waals surface area contributed by atoms with Crippen LogP contribution in [0.15, 0.2) is 28.6 Å². The van der Waals surface area contributed by atoms with E-state index in [1.54, 1.807) is 34.4 Å². The fourth-order valence-corrected chi connectivity index (χ4v) is 5.64. The number of thioether (sulfide) groups is 1. The summed E-state index contributed by atoms with van der Waals surface area (Å²) in [5.41, 5.74) is 1.09. The lowest BCUT2D eigenvalue weighted by atomic mass is 10.3. The number of benzene rings is 1. The van der Waals surface area contributed by atoms with Gasteiger partial charge in [-0.2, -0.15) is 4.68 Å². The standard InChI is InChI=1S/C16H20N4S4/c1-11(2)9-22-15-18-20(16(21)24-15)10-19(3)8-14-17-12-6-4-5-7-13(12)23-14/h4-7,11H,8-10H2,1-3H3/p+1. The van der Waals surface area contributed by atoms with Crippen molar-refractivity contribution in [3.05, 3.63) is 33.2 Å². The molecule has 2 aromatic heterocycles. The van der Waals surface area contributed by atoms with E-state index in [2.05, 4.69) is 44.2 Å². The van der Waals surface area contributed by atoms with Crippen LogP contribution in [0.1, 0.15) is 18.9 Å². The zero-order chi connectivity index (χ0) is 17.1. The van der Waals surface area contributed by atoms with Gasteiger partial charge in [-0.25, -0.2) is 4.98 Å². The van der Waals surface area contributed by atoms with Crippen molar-refractivity contribution in [2.45, 2.75) is 31.4 Å². The smallest absolute Gasteiger partial charge is 0.185 e. The maximum absolute atomic E-state index is 5.47. The molecule has 3 aromatic rings. The number of nitrogens with one attached hydrogen (secondary N) is 1. The van der Waals surface area contributed by atoms with Crippen LogP contribution >= 0.6 is 46.7 Å². The Kier molecular flexibility index (Phi) is 6.04. The maximum atomic E-state index is 5.47. The highest BCUT2D eigenvalue weighted by atomic mass is 32.2. The van der Waals surface area contributed by atoms with E-state index in [0.717, 1.165) is 37.8 Å². The summed E-state index contributed by atoms with van der Waals surface area (Å²) in [7, 11) is 2.16. The number of aromatic nitrogens is 3. The summed E-state index contributed by atoms with van der Waals surface area (Å²) < 4.78 is 5.12. The van der Waals surface area contributed by atoms with Crippen molar-refractivity contribution in [1.29, 1.82) is 0 Å². The maximum Gasteiger partial charge on any atom is 0.185 e. The van der Waals surface area contributed by atoms with Gasteiger partial charge in [0.15, 0.2) is 15.0 Å². The molecule has 1 aromatic carbocycles. The fraction of sp³-hybridized carbons (Fsp3) is 0.438. The van der Waals surface area contributed by atoms with Crippen molar-refractivity contribution in [3.8, 4) is 0 Å². The first kappa shape index (κ1) is 18.0. The minimum atomic E-state index is 0.660. The Labute approximate surface area is 159 Å². The van der Waals surface area contributed by atoms with Gasteiger partial charge in [0, 0.05) is 5.75 Å². The van der Waals surface area contributed by atoms with Crippen LogP contribution in [-0.4, -0.2) is 27.6 Å². The van der Waals surface area contributed by atoms with Crippen molar-refractivity contribution in [2.24, 2.45) is 5.92 Å². The minimum Gasteiger partial charge on any atom is -0.313 e. The minimum absolute atomic E-state index is 0.660. The summed E-state index contributed by atoms with van der Waals surface area (Å²) in [5.74, 6) is 1.74. The van der Waals surface area contributed by atoms with Gasteiger partial charge in [0.2, 0.25) is 0 Å². The molecule has 0 radical (unpaired) electrons. The second kappa shape index (κ2) is 8.05. The molecule has 0 bridgehead atoms.